The van der Waals surface area contributed by atoms with Crippen LogP contribution in [0.2, 0.25) is 0 Å². The van der Waals surface area contributed by atoms with Crippen LogP contribution in [0.3, 0.4) is 0 Å². The zero-order chi connectivity index (χ0) is 13.6. The van der Waals surface area contributed by atoms with E-state index >= 15 is 0 Å². The number of hydrogen-bond donors (Lipinski definition) is 2. The van der Waals surface area contributed by atoms with Gasteiger partial charge in [0.2, 0.25) is 0 Å². The van der Waals surface area contributed by atoms with Crippen LogP contribution in [0.25, 0.3) is 10.1 Å². The summed E-state index contributed by atoms with van der Waals surface area (Å²) in [6, 6.07) is 5.91. The molecule has 1 aromatic heterocycles. The molecule has 1 fully saturated rings. The molecule has 0 unspecified atom stereocenters. The largest absolute Gasteiger partial charge is 0.397 e. The normalized spacial score (nSPS) is 16.5. The van der Waals surface area contributed by atoms with E-state index in [0.717, 1.165) is 21.1 Å². The lowest BCUT2D eigenvalue weighted by molar-refractivity contribution is 0.0951. The maximum atomic E-state index is 12.2. The number of carbonyl (C=O) groups is 1. The van der Waals surface area contributed by atoms with Crippen LogP contribution in [-0.4, -0.2) is 12.5 Å². The molecular weight excluding hydrogens is 324 g/mol. The molecule has 0 atom stereocenters. The quantitative estimate of drug-likeness (QED) is 0.894. The standard InChI is InChI=1S/C14H15BrN2OS/c1-14(4-5-14)7-17-13(18)12-11(16)9-6-8(15)2-3-10(9)19-12/h2-3,6H,4-5,7,16H2,1H3,(H,17,18). The molecule has 0 spiro atoms. The molecule has 0 bridgehead atoms. The van der Waals surface area contributed by atoms with Gasteiger partial charge in [0.25, 0.3) is 5.91 Å². The average Bonchev–Trinajstić information content (AvgIpc) is 3.03. The first kappa shape index (κ1) is 12.9. The topological polar surface area (TPSA) is 55.1 Å². The fourth-order valence-electron chi connectivity index (χ4n) is 2.02. The number of nitrogens with two attached hydrogens (primary N) is 1. The summed E-state index contributed by atoms with van der Waals surface area (Å²) in [7, 11) is 0. The lowest BCUT2D eigenvalue weighted by Crippen LogP contribution is -2.28. The predicted molar refractivity (Wildman–Crippen MR) is 83.6 cm³/mol. The van der Waals surface area contributed by atoms with E-state index in [9.17, 15) is 4.79 Å². The highest BCUT2D eigenvalue weighted by atomic mass is 79.9. The molecule has 0 radical (unpaired) electrons. The van der Waals surface area contributed by atoms with Gasteiger partial charge in [0.15, 0.2) is 0 Å². The molecule has 19 heavy (non-hydrogen) atoms. The van der Waals surface area contributed by atoms with Gasteiger partial charge in [-0.2, -0.15) is 0 Å². The Morgan fingerprint density at radius 3 is 2.95 bits per heavy atom. The molecule has 100 valence electrons. The van der Waals surface area contributed by atoms with E-state index in [-0.39, 0.29) is 5.91 Å². The van der Waals surface area contributed by atoms with Crippen LogP contribution in [0.4, 0.5) is 5.69 Å². The number of benzene rings is 1. The lowest BCUT2D eigenvalue weighted by Gasteiger charge is -2.09. The Hall–Kier alpha value is -1.07. The smallest absolute Gasteiger partial charge is 0.263 e. The molecule has 2 aromatic rings. The molecule has 1 amide bonds. The Morgan fingerprint density at radius 2 is 2.26 bits per heavy atom. The van der Waals surface area contributed by atoms with E-state index in [2.05, 4.69) is 28.2 Å². The second kappa shape index (κ2) is 4.49. The summed E-state index contributed by atoms with van der Waals surface area (Å²) in [5, 5.41) is 3.94. The zero-order valence-corrected chi connectivity index (χ0v) is 13.0. The Labute approximate surface area is 124 Å². The third-order valence-electron chi connectivity index (χ3n) is 3.67. The number of halogens is 1. The highest BCUT2D eigenvalue weighted by Gasteiger charge is 2.37. The Bertz CT molecular complexity index is 661. The van der Waals surface area contributed by atoms with Crippen molar-refractivity contribution >= 4 is 48.9 Å². The summed E-state index contributed by atoms with van der Waals surface area (Å²) in [6.07, 6.45) is 2.39. The second-order valence-electron chi connectivity index (χ2n) is 5.48. The van der Waals surface area contributed by atoms with Crippen molar-refractivity contribution < 1.29 is 4.79 Å². The summed E-state index contributed by atoms with van der Waals surface area (Å²) >= 11 is 4.88. The number of fused-ring (bicyclic) bond motifs is 1. The molecule has 1 saturated carbocycles. The van der Waals surface area contributed by atoms with E-state index in [1.165, 1.54) is 24.2 Å². The van der Waals surface area contributed by atoms with E-state index in [1.54, 1.807) is 0 Å². The van der Waals surface area contributed by atoms with Crippen molar-refractivity contribution in [3.63, 3.8) is 0 Å². The van der Waals surface area contributed by atoms with Crippen molar-refractivity contribution in [2.45, 2.75) is 19.8 Å². The molecule has 1 aliphatic carbocycles. The lowest BCUT2D eigenvalue weighted by atomic mass is 10.1. The summed E-state index contributed by atoms with van der Waals surface area (Å²) in [5.74, 6) is -0.0528. The minimum atomic E-state index is -0.0528. The molecule has 1 aliphatic rings. The molecule has 0 saturated heterocycles. The number of hydrogen-bond acceptors (Lipinski definition) is 3. The van der Waals surface area contributed by atoms with Crippen molar-refractivity contribution in [3.05, 3.63) is 27.5 Å². The predicted octanol–water partition coefficient (Wildman–Crippen LogP) is 3.78. The van der Waals surface area contributed by atoms with E-state index in [0.29, 0.717) is 16.0 Å². The Kier molecular flexibility index (Phi) is 3.06. The number of anilines is 1. The van der Waals surface area contributed by atoms with Crippen LogP contribution >= 0.6 is 27.3 Å². The van der Waals surface area contributed by atoms with Gasteiger partial charge in [-0.1, -0.05) is 22.9 Å². The highest BCUT2D eigenvalue weighted by Crippen LogP contribution is 2.44. The number of amides is 1. The first-order valence-corrected chi connectivity index (χ1v) is 7.85. The molecule has 0 aliphatic heterocycles. The summed E-state index contributed by atoms with van der Waals surface area (Å²) < 4.78 is 2.02. The molecule has 5 heteroatoms. The zero-order valence-electron chi connectivity index (χ0n) is 10.6. The van der Waals surface area contributed by atoms with Crippen LogP contribution < -0.4 is 11.1 Å². The minimum Gasteiger partial charge on any atom is -0.397 e. The van der Waals surface area contributed by atoms with Gasteiger partial charge in [0, 0.05) is 21.1 Å². The number of carbonyl (C=O) groups excluding carboxylic acids is 1. The Morgan fingerprint density at radius 1 is 1.53 bits per heavy atom. The van der Waals surface area contributed by atoms with Crippen LogP contribution in [-0.2, 0) is 0 Å². The van der Waals surface area contributed by atoms with E-state index in [4.69, 9.17) is 5.73 Å². The van der Waals surface area contributed by atoms with Gasteiger partial charge in [0.1, 0.15) is 4.88 Å². The van der Waals surface area contributed by atoms with Crippen molar-refractivity contribution in [1.29, 1.82) is 0 Å². The molecule has 3 rings (SSSR count). The molecule has 1 heterocycles. The Balaban J connectivity index is 1.87. The first-order chi connectivity index (χ1) is 8.98. The summed E-state index contributed by atoms with van der Waals surface area (Å²) in [5.41, 5.74) is 6.99. The average molecular weight is 339 g/mol. The number of rotatable bonds is 3. The molecule has 3 nitrogen and oxygen atoms in total. The van der Waals surface area contributed by atoms with Gasteiger partial charge >= 0.3 is 0 Å². The first-order valence-electron chi connectivity index (χ1n) is 6.24. The van der Waals surface area contributed by atoms with Crippen LogP contribution in [0.5, 0.6) is 0 Å². The number of nitrogens with one attached hydrogen (secondary N) is 1. The monoisotopic (exact) mass is 338 g/mol. The van der Waals surface area contributed by atoms with Crippen molar-refractivity contribution in [1.82, 2.24) is 5.32 Å². The minimum absolute atomic E-state index is 0.0528. The van der Waals surface area contributed by atoms with Crippen molar-refractivity contribution in [3.8, 4) is 0 Å². The number of thiophene rings is 1. The fourth-order valence-corrected chi connectivity index (χ4v) is 3.40. The van der Waals surface area contributed by atoms with Gasteiger partial charge in [-0.05, 0) is 36.5 Å². The van der Waals surface area contributed by atoms with Gasteiger partial charge in [-0.15, -0.1) is 11.3 Å². The van der Waals surface area contributed by atoms with Crippen LogP contribution in [0.15, 0.2) is 22.7 Å². The second-order valence-corrected chi connectivity index (χ2v) is 7.45. The fraction of sp³-hybridized carbons (Fsp3) is 0.357. The summed E-state index contributed by atoms with van der Waals surface area (Å²) in [4.78, 5) is 12.8. The van der Waals surface area contributed by atoms with E-state index < -0.39 is 0 Å². The molecule has 3 N–H and O–H groups in total. The third-order valence-corrected chi connectivity index (χ3v) is 5.35. The maximum Gasteiger partial charge on any atom is 0.263 e. The van der Waals surface area contributed by atoms with E-state index in [1.807, 2.05) is 18.2 Å². The highest BCUT2D eigenvalue weighted by molar-refractivity contribution is 9.10. The van der Waals surface area contributed by atoms with Gasteiger partial charge in [-0.25, -0.2) is 0 Å². The third kappa shape index (κ3) is 2.49. The maximum absolute atomic E-state index is 12.2. The molecule has 1 aromatic carbocycles. The SMILES string of the molecule is CC1(CNC(=O)c2sc3ccc(Br)cc3c2N)CC1. The van der Waals surface area contributed by atoms with Crippen LogP contribution in [0, 0.1) is 5.41 Å². The van der Waals surface area contributed by atoms with Gasteiger partial charge in [0.05, 0.1) is 5.69 Å². The number of nitrogen functional groups attached to an aromatic ring is 1. The van der Waals surface area contributed by atoms with Crippen molar-refractivity contribution in [2.75, 3.05) is 12.3 Å². The summed E-state index contributed by atoms with van der Waals surface area (Å²) in [6.45, 7) is 2.93. The molecular formula is C14H15BrN2OS. The van der Waals surface area contributed by atoms with Gasteiger partial charge < -0.3 is 11.1 Å². The van der Waals surface area contributed by atoms with Crippen molar-refractivity contribution in [2.24, 2.45) is 5.41 Å². The van der Waals surface area contributed by atoms with Gasteiger partial charge in [-0.3, -0.25) is 4.79 Å². The van der Waals surface area contributed by atoms with Crippen LogP contribution in [0.1, 0.15) is 29.4 Å².